The molecular weight excluding hydrogens is 140 g/mol. The Hall–Kier alpha value is -0.790. The Balaban J connectivity index is 4.01. The second-order valence-corrected chi connectivity index (χ2v) is 3.20. The van der Waals surface area contributed by atoms with Gasteiger partial charge in [0.2, 0.25) is 0 Å². The highest BCUT2D eigenvalue weighted by Gasteiger charge is 2.10. The summed E-state index contributed by atoms with van der Waals surface area (Å²) in [5, 5.41) is 0. The van der Waals surface area contributed by atoms with Gasteiger partial charge in [-0.15, -0.1) is 0 Å². The van der Waals surface area contributed by atoms with E-state index in [0.717, 1.165) is 6.42 Å². The Morgan fingerprint density at radius 2 is 2.09 bits per heavy atom. The lowest BCUT2D eigenvalue weighted by atomic mass is 9.90. The Morgan fingerprint density at radius 3 is 2.45 bits per heavy atom. The summed E-state index contributed by atoms with van der Waals surface area (Å²) in [4.78, 5) is 10.7. The first-order chi connectivity index (χ1) is 5.02. The molecular formula is C9H16O2. The van der Waals surface area contributed by atoms with E-state index in [4.69, 9.17) is 0 Å². The van der Waals surface area contributed by atoms with Crippen molar-refractivity contribution in [3.8, 4) is 0 Å². The van der Waals surface area contributed by atoms with Gasteiger partial charge in [-0.2, -0.15) is 0 Å². The van der Waals surface area contributed by atoms with Crippen molar-refractivity contribution >= 4 is 5.97 Å². The van der Waals surface area contributed by atoms with Crippen molar-refractivity contribution < 1.29 is 9.53 Å². The van der Waals surface area contributed by atoms with Crippen LogP contribution in [0.2, 0.25) is 0 Å². The molecule has 0 bridgehead atoms. The molecule has 2 heteroatoms. The zero-order valence-corrected chi connectivity index (χ0v) is 7.68. The lowest BCUT2D eigenvalue weighted by Crippen LogP contribution is -2.06. The van der Waals surface area contributed by atoms with Gasteiger partial charge in [0.25, 0.3) is 0 Å². The number of carbonyl (C=O) groups is 1. The number of allylic oxidation sites excluding steroid dienone is 1. The minimum atomic E-state index is -0.286. The first-order valence-corrected chi connectivity index (χ1v) is 3.79. The number of ether oxygens (including phenoxy) is 1. The van der Waals surface area contributed by atoms with Crippen molar-refractivity contribution in [2.24, 2.45) is 5.41 Å². The molecule has 0 fully saturated rings. The van der Waals surface area contributed by atoms with Gasteiger partial charge in [-0.25, -0.2) is 4.79 Å². The fourth-order valence-corrected chi connectivity index (χ4v) is 0.480. The van der Waals surface area contributed by atoms with Crippen LogP contribution in [-0.2, 0) is 9.53 Å². The average molecular weight is 156 g/mol. The second kappa shape index (κ2) is 4.16. The Morgan fingerprint density at radius 1 is 1.55 bits per heavy atom. The van der Waals surface area contributed by atoms with E-state index in [2.05, 4.69) is 25.5 Å². The van der Waals surface area contributed by atoms with E-state index in [9.17, 15) is 4.79 Å². The molecule has 0 rings (SSSR count). The highest BCUT2D eigenvalue weighted by molar-refractivity contribution is 5.81. The predicted molar refractivity (Wildman–Crippen MR) is 45.2 cm³/mol. The van der Waals surface area contributed by atoms with Gasteiger partial charge in [-0.1, -0.05) is 26.8 Å². The Kier molecular flexibility index (Phi) is 3.86. The summed E-state index contributed by atoms with van der Waals surface area (Å²) in [7, 11) is 1.38. The highest BCUT2D eigenvalue weighted by Crippen LogP contribution is 2.20. The predicted octanol–water partition coefficient (Wildman–Crippen LogP) is 2.15. The van der Waals surface area contributed by atoms with Crippen LogP contribution in [-0.4, -0.2) is 13.1 Å². The molecule has 0 atom stereocenters. The van der Waals surface area contributed by atoms with E-state index in [1.165, 1.54) is 13.2 Å². The number of methoxy groups -OCH3 is 1. The first-order valence-electron chi connectivity index (χ1n) is 3.79. The van der Waals surface area contributed by atoms with Crippen LogP contribution in [0, 0.1) is 5.41 Å². The van der Waals surface area contributed by atoms with Crippen LogP contribution in [0.4, 0.5) is 0 Å². The monoisotopic (exact) mass is 156 g/mol. The first kappa shape index (κ1) is 10.2. The molecule has 11 heavy (non-hydrogen) atoms. The lowest BCUT2D eigenvalue weighted by Gasteiger charge is -2.15. The van der Waals surface area contributed by atoms with Crippen molar-refractivity contribution in [1.29, 1.82) is 0 Å². The molecule has 0 heterocycles. The largest absolute Gasteiger partial charge is 0.466 e. The smallest absolute Gasteiger partial charge is 0.330 e. The summed E-state index contributed by atoms with van der Waals surface area (Å²) in [6.07, 6.45) is 4.36. The van der Waals surface area contributed by atoms with Crippen LogP contribution in [0.3, 0.4) is 0 Å². The molecule has 0 radical (unpaired) electrons. The lowest BCUT2D eigenvalue weighted by molar-refractivity contribution is -0.134. The Bertz CT molecular complexity index is 157. The van der Waals surface area contributed by atoms with Crippen LogP contribution in [0.15, 0.2) is 12.2 Å². The minimum absolute atomic E-state index is 0.0915. The van der Waals surface area contributed by atoms with E-state index >= 15 is 0 Å². The fraction of sp³-hybridized carbons (Fsp3) is 0.667. The van der Waals surface area contributed by atoms with Gasteiger partial charge in [0.1, 0.15) is 0 Å². The average Bonchev–Trinajstić information content (AvgIpc) is 2.00. The quantitative estimate of drug-likeness (QED) is 0.462. The molecule has 0 aliphatic rings. The van der Waals surface area contributed by atoms with Crippen molar-refractivity contribution in [2.45, 2.75) is 27.2 Å². The summed E-state index contributed by atoms with van der Waals surface area (Å²) in [6.45, 7) is 6.24. The van der Waals surface area contributed by atoms with Crippen LogP contribution in [0.1, 0.15) is 27.2 Å². The number of rotatable bonds is 3. The highest BCUT2D eigenvalue weighted by atomic mass is 16.5. The Labute approximate surface area is 68.2 Å². The maximum absolute atomic E-state index is 10.7. The molecule has 64 valence electrons. The van der Waals surface area contributed by atoms with Gasteiger partial charge in [0.05, 0.1) is 7.11 Å². The number of hydrogen-bond donors (Lipinski definition) is 0. The van der Waals surface area contributed by atoms with Crippen molar-refractivity contribution in [3.63, 3.8) is 0 Å². The van der Waals surface area contributed by atoms with E-state index < -0.39 is 0 Å². The van der Waals surface area contributed by atoms with Gasteiger partial charge in [-0.3, -0.25) is 0 Å². The van der Waals surface area contributed by atoms with E-state index in [-0.39, 0.29) is 11.4 Å². The van der Waals surface area contributed by atoms with Gasteiger partial charge >= 0.3 is 5.97 Å². The topological polar surface area (TPSA) is 26.3 Å². The summed E-state index contributed by atoms with van der Waals surface area (Å²) in [5.74, 6) is -0.286. The third-order valence-electron chi connectivity index (χ3n) is 1.78. The van der Waals surface area contributed by atoms with E-state index in [1.807, 2.05) is 6.08 Å². The zero-order chi connectivity index (χ0) is 8.91. The summed E-state index contributed by atoms with van der Waals surface area (Å²) < 4.78 is 4.46. The summed E-state index contributed by atoms with van der Waals surface area (Å²) >= 11 is 0. The van der Waals surface area contributed by atoms with Crippen LogP contribution in [0.5, 0.6) is 0 Å². The molecule has 0 saturated carbocycles. The van der Waals surface area contributed by atoms with Crippen molar-refractivity contribution in [3.05, 3.63) is 12.2 Å². The van der Waals surface area contributed by atoms with Crippen molar-refractivity contribution in [2.75, 3.05) is 7.11 Å². The number of esters is 1. The number of carbonyl (C=O) groups excluding carboxylic acids is 1. The maximum Gasteiger partial charge on any atom is 0.330 e. The maximum atomic E-state index is 10.7. The second-order valence-electron chi connectivity index (χ2n) is 3.20. The molecule has 2 nitrogen and oxygen atoms in total. The summed E-state index contributed by atoms with van der Waals surface area (Å²) in [6, 6.07) is 0. The standard InChI is InChI=1S/C9H16O2/c1-5-9(2,3)7-6-8(10)11-4/h6-7H,5H2,1-4H3/b7-6+. The van der Waals surface area contributed by atoms with Gasteiger partial charge in [0, 0.05) is 6.08 Å². The van der Waals surface area contributed by atoms with Crippen molar-refractivity contribution in [1.82, 2.24) is 0 Å². The van der Waals surface area contributed by atoms with Gasteiger partial charge < -0.3 is 4.74 Å². The molecule has 0 amide bonds. The molecule has 0 unspecified atom stereocenters. The van der Waals surface area contributed by atoms with Gasteiger partial charge in [-0.05, 0) is 11.8 Å². The third-order valence-corrected chi connectivity index (χ3v) is 1.78. The van der Waals surface area contributed by atoms with Crippen LogP contribution >= 0.6 is 0 Å². The molecule has 0 N–H and O–H groups in total. The van der Waals surface area contributed by atoms with Crippen LogP contribution < -0.4 is 0 Å². The van der Waals surface area contributed by atoms with E-state index in [1.54, 1.807) is 0 Å². The summed E-state index contributed by atoms with van der Waals surface area (Å²) in [5.41, 5.74) is 0.0915. The SMILES string of the molecule is CCC(C)(C)/C=C/C(=O)OC. The fourth-order valence-electron chi connectivity index (χ4n) is 0.480. The molecule has 0 aliphatic heterocycles. The van der Waals surface area contributed by atoms with E-state index in [0.29, 0.717) is 0 Å². The molecule has 0 spiro atoms. The number of hydrogen-bond acceptors (Lipinski definition) is 2. The molecule has 0 aromatic rings. The van der Waals surface area contributed by atoms with Crippen LogP contribution in [0.25, 0.3) is 0 Å². The molecule has 0 aromatic carbocycles. The zero-order valence-electron chi connectivity index (χ0n) is 7.68. The normalized spacial score (nSPS) is 12.0. The molecule has 0 saturated heterocycles. The third kappa shape index (κ3) is 4.59. The minimum Gasteiger partial charge on any atom is -0.466 e. The molecule has 0 aromatic heterocycles. The molecule has 0 aliphatic carbocycles. The van der Waals surface area contributed by atoms with Gasteiger partial charge in [0.15, 0.2) is 0 Å².